The van der Waals surface area contributed by atoms with Crippen LogP contribution in [0.1, 0.15) is 0 Å². The third kappa shape index (κ3) is 2.51. The van der Waals surface area contributed by atoms with Gasteiger partial charge in [-0.2, -0.15) is 18.3 Å². The van der Waals surface area contributed by atoms with E-state index in [1.807, 2.05) is 0 Å². The van der Waals surface area contributed by atoms with Gasteiger partial charge in [-0.25, -0.2) is 0 Å². The zero-order valence-electron chi connectivity index (χ0n) is 5.92. The van der Waals surface area contributed by atoms with Crippen molar-refractivity contribution in [3.05, 3.63) is 18.5 Å². The van der Waals surface area contributed by atoms with Gasteiger partial charge in [0.05, 0.1) is 6.54 Å². The average molecular weight is 243 g/mol. The second-order valence-electron chi connectivity index (χ2n) is 2.24. The van der Waals surface area contributed by atoms with E-state index in [0.717, 1.165) is 0 Å². The Labute approximate surface area is 75.5 Å². The normalized spacial score (nSPS) is 14.7. The number of rotatable bonds is 2. The van der Waals surface area contributed by atoms with Gasteiger partial charge in [0.2, 0.25) is 0 Å². The Kier molecular flexibility index (Phi) is 2.76. The lowest BCUT2D eigenvalue weighted by Gasteiger charge is -2.13. The minimum atomic E-state index is -4.22. The van der Waals surface area contributed by atoms with Crippen LogP contribution in [0.3, 0.4) is 0 Å². The van der Waals surface area contributed by atoms with E-state index in [4.69, 9.17) is 0 Å². The summed E-state index contributed by atoms with van der Waals surface area (Å²) < 4.78 is 37.1. The molecule has 0 amide bonds. The highest BCUT2D eigenvalue weighted by molar-refractivity contribution is 9.09. The van der Waals surface area contributed by atoms with E-state index in [-0.39, 0.29) is 6.54 Å². The molecule has 0 fully saturated rings. The van der Waals surface area contributed by atoms with E-state index < -0.39 is 11.0 Å². The van der Waals surface area contributed by atoms with Gasteiger partial charge in [-0.15, -0.1) is 0 Å². The molecule has 0 aliphatic rings. The third-order valence-corrected chi connectivity index (χ3v) is 2.07. The fourth-order valence-corrected chi connectivity index (χ4v) is 0.973. The molecule has 1 aromatic rings. The van der Waals surface area contributed by atoms with Gasteiger partial charge in [-0.3, -0.25) is 4.68 Å². The summed E-state index contributed by atoms with van der Waals surface area (Å²) in [6.07, 6.45) is -1.29. The molecule has 1 aromatic heterocycles. The summed E-state index contributed by atoms with van der Waals surface area (Å²) in [4.78, 5) is -1.54. The minimum Gasteiger partial charge on any atom is -0.271 e. The molecule has 0 saturated heterocycles. The van der Waals surface area contributed by atoms with Gasteiger partial charge in [0, 0.05) is 12.4 Å². The zero-order valence-corrected chi connectivity index (χ0v) is 7.51. The van der Waals surface area contributed by atoms with Crippen LogP contribution < -0.4 is 0 Å². The first-order chi connectivity index (χ1) is 5.50. The zero-order chi connectivity index (χ0) is 9.19. The molecule has 0 spiro atoms. The second kappa shape index (κ2) is 3.47. The summed E-state index contributed by atoms with van der Waals surface area (Å²) in [5.74, 6) is 0. The van der Waals surface area contributed by atoms with Crippen molar-refractivity contribution in [2.45, 2.75) is 17.5 Å². The van der Waals surface area contributed by atoms with E-state index in [1.54, 1.807) is 6.07 Å². The van der Waals surface area contributed by atoms with Crippen molar-refractivity contribution in [2.24, 2.45) is 0 Å². The Balaban J connectivity index is 2.53. The van der Waals surface area contributed by atoms with Crippen molar-refractivity contribution in [3.8, 4) is 0 Å². The summed E-state index contributed by atoms with van der Waals surface area (Å²) in [5, 5.41) is 3.66. The largest absolute Gasteiger partial charge is 0.403 e. The van der Waals surface area contributed by atoms with Crippen molar-refractivity contribution in [2.75, 3.05) is 0 Å². The van der Waals surface area contributed by atoms with Gasteiger partial charge >= 0.3 is 6.18 Å². The molecule has 0 aliphatic carbocycles. The van der Waals surface area contributed by atoms with Gasteiger partial charge in [-0.1, -0.05) is 15.9 Å². The van der Waals surface area contributed by atoms with Crippen molar-refractivity contribution < 1.29 is 13.2 Å². The predicted molar refractivity (Wildman–Crippen MR) is 41.0 cm³/mol. The first-order valence-corrected chi connectivity index (χ1v) is 4.10. The molecule has 0 bridgehead atoms. The Morgan fingerprint density at radius 2 is 2.17 bits per heavy atom. The highest BCUT2D eigenvalue weighted by Gasteiger charge is 2.37. The molecular weight excluding hydrogens is 237 g/mol. The van der Waals surface area contributed by atoms with Crippen LogP contribution in [0, 0.1) is 0 Å². The Morgan fingerprint density at radius 1 is 1.50 bits per heavy atom. The monoisotopic (exact) mass is 242 g/mol. The van der Waals surface area contributed by atoms with Gasteiger partial charge in [0.1, 0.15) is 4.83 Å². The van der Waals surface area contributed by atoms with Crippen LogP contribution in [0.15, 0.2) is 18.5 Å². The van der Waals surface area contributed by atoms with Crippen LogP contribution in [0.5, 0.6) is 0 Å². The SMILES string of the molecule is FC(F)(F)C(Br)Cn1cccn1. The fraction of sp³-hybridized carbons (Fsp3) is 0.500. The van der Waals surface area contributed by atoms with Crippen LogP contribution in [-0.2, 0) is 6.54 Å². The second-order valence-corrected chi connectivity index (χ2v) is 3.34. The number of halogens is 4. The summed E-state index contributed by atoms with van der Waals surface area (Å²) in [5.41, 5.74) is 0. The predicted octanol–water partition coefficient (Wildman–Crippen LogP) is 2.21. The quantitative estimate of drug-likeness (QED) is 0.728. The van der Waals surface area contributed by atoms with Crippen LogP contribution in [0.4, 0.5) is 13.2 Å². The van der Waals surface area contributed by atoms with E-state index >= 15 is 0 Å². The van der Waals surface area contributed by atoms with Crippen LogP contribution in [-0.4, -0.2) is 20.8 Å². The maximum absolute atomic E-state index is 12.0. The molecule has 1 rings (SSSR count). The standard InChI is InChI=1S/C6H6BrF3N2/c7-5(6(8,9)10)4-12-3-1-2-11-12/h1-3,5H,4H2. The lowest BCUT2D eigenvalue weighted by Crippen LogP contribution is -2.27. The average Bonchev–Trinajstić information content (AvgIpc) is 2.37. The van der Waals surface area contributed by atoms with Crippen LogP contribution >= 0.6 is 15.9 Å². The molecule has 1 unspecified atom stereocenters. The molecule has 1 atom stereocenters. The Hall–Kier alpha value is -0.520. The van der Waals surface area contributed by atoms with Crippen molar-refractivity contribution in [3.63, 3.8) is 0 Å². The number of aromatic nitrogens is 2. The molecular formula is C6H6BrF3N2. The molecule has 2 nitrogen and oxygen atoms in total. The first-order valence-electron chi connectivity index (χ1n) is 3.18. The molecule has 6 heteroatoms. The minimum absolute atomic E-state index is 0.198. The molecule has 68 valence electrons. The molecule has 0 N–H and O–H groups in total. The molecule has 0 saturated carbocycles. The molecule has 0 radical (unpaired) electrons. The van der Waals surface area contributed by atoms with Crippen molar-refractivity contribution in [1.82, 2.24) is 9.78 Å². The summed E-state index contributed by atoms with van der Waals surface area (Å²) in [6, 6.07) is 1.58. The summed E-state index contributed by atoms with van der Waals surface area (Å²) in [7, 11) is 0. The molecule has 0 aliphatic heterocycles. The fourth-order valence-electron chi connectivity index (χ4n) is 0.676. The number of nitrogens with zero attached hydrogens (tertiary/aromatic N) is 2. The molecule has 12 heavy (non-hydrogen) atoms. The maximum atomic E-state index is 12.0. The Morgan fingerprint density at radius 3 is 2.58 bits per heavy atom. The number of hydrogen-bond acceptors (Lipinski definition) is 1. The highest BCUT2D eigenvalue weighted by atomic mass is 79.9. The summed E-state index contributed by atoms with van der Waals surface area (Å²) >= 11 is 2.53. The number of alkyl halides is 4. The van der Waals surface area contributed by atoms with Gasteiger partial charge in [0.25, 0.3) is 0 Å². The van der Waals surface area contributed by atoms with Crippen LogP contribution in [0.25, 0.3) is 0 Å². The van der Waals surface area contributed by atoms with Crippen LogP contribution in [0.2, 0.25) is 0 Å². The third-order valence-electron chi connectivity index (χ3n) is 1.26. The van der Waals surface area contributed by atoms with Gasteiger partial charge in [0.15, 0.2) is 0 Å². The summed E-state index contributed by atoms with van der Waals surface area (Å²) in [6.45, 7) is -0.198. The molecule has 0 aromatic carbocycles. The maximum Gasteiger partial charge on any atom is 0.403 e. The van der Waals surface area contributed by atoms with Crippen molar-refractivity contribution in [1.29, 1.82) is 0 Å². The van der Waals surface area contributed by atoms with E-state index in [2.05, 4.69) is 21.0 Å². The lowest BCUT2D eigenvalue weighted by molar-refractivity contribution is -0.129. The smallest absolute Gasteiger partial charge is 0.271 e. The van der Waals surface area contributed by atoms with E-state index in [1.165, 1.54) is 17.1 Å². The number of hydrogen-bond donors (Lipinski definition) is 0. The van der Waals surface area contributed by atoms with E-state index in [0.29, 0.717) is 0 Å². The molecule has 1 heterocycles. The van der Waals surface area contributed by atoms with Gasteiger partial charge in [-0.05, 0) is 6.07 Å². The first kappa shape index (κ1) is 9.57. The van der Waals surface area contributed by atoms with Gasteiger partial charge < -0.3 is 0 Å². The topological polar surface area (TPSA) is 17.8 Å². The van der Waals surface area contributed by atoms with E-state index in [9.17, 15) is 13.2 Å². The highest BCUT2D eigenvalue weighted by Crippen LogP contribution is 2.27. The lowest BCUT2D eigenvalue weighted by atomic mass is 10.4. The Bertz CT molecular complexity index is 231. The van der Waals surface area contributed by atoms with Crippen molar-refractivity contribution >= 4 is 15.9 Å².